The van der Waals surface area contributed by atoms with E-state index in [9.17, 15) is 8.78 Å². The van der Waals surface area contributed by atoms with Gasteiger partial charge < -0.3 is 11.1 Å². The molecule has 0 aliphatic carbocycles. The molecule has 3 N–H and O–H groups in total. The first-order chi connectivity index (χ1) is 8.18. The molecule has 0 unspecified atom stereocenters. The van der Waals surface area contributed by atoms with Crippen molar-refractivity contribution in [2.24, 2.45) is 0 Å². The zero-order valence-corrected chi connectivity index (χ0v) is 9.08. The lowest BCUT2D eigenvalue weighted by atomic mass is 10.2. The van der Waals surface area contributed by atoms with E-state index in [1.165, 1.54) is 12.1 Å². The average molecular weight is 234 g/mol. The van der Waals surface area contributed by atoms with Crippen molar-refractivity contribution in [1.82, 2.24) is 0 Å². The normalized spacial score (nSPS) is 10.2. The van der Waals surface area contributed by atoms with Crippen molar-refractivity contribution < 1.29 is 8.78 Å². The van der Waals surface area contributed by atoms with Gasteiger partial charge in [-0.1, -0.05) is 24.3 Å². The number of anilines is 2. The Balaban J connectivity index is 2.13. The zero-order valence-electron chi connectivity index (χ0n) is 9.08. The molecule has 4 heteroatoms. The summed E-state index contributed by atoms with van der Waals surface area (Å²) >= 11 is 0. The fraction of sp³-hybridized carbons (Fsp3) is 0.0769. The fourth-order valence-electron chi connectivity index (χ4n) is 1.53. The number of nitrogen functional groups attached to an aromatic ring is 1. The molecule has 2 nitrogen and oxygen atoms in total. The summed E-state index contributed by atoms with van der Waals surface area (Å²) in [4.78, 5) is 0. The highest BCUT2D eigenvalue weighted by molar-refractivity contribution is 5.50. The van der Waals surface area contributed by atoms with Crippen LogP contribution < -0.4 is 11.1 Å². The van der Waals surface area contributed by atoms with Crippen molar-refractivity contribution in [3.05, 3.63) is 59.7 Å². The third-order valence-electron chi connectivity index (χ3n) is 2.48. The molecular formula is C13H12F2N2. The number of rotatable bonds is 3. The van der Waals surface area contributed by atoms with E-state index < -0.39 is 11.6 Å². The molecular weight excluding hydrogens is 222 g/mol. The highest BCUT2D eigenvalue weighted by Gasteiger charge is 2.07. The van der Waals surface area contributed by atoms with Crippen molar-refractivity contribution in [1.29, 1.82) is 0 Å². The van der Waals surface area contributed by atoms with Crippen molar-refractivity contribution in [3.63, 3.8) is 0 Å². The molecule has 17 heavy (non-hydrogen) atoms. The van der Waals surface area contributed by atoms with Crippen LogP contribution >= 0.6 is 0 Å². The van der Waals surface area contributed by atoms with Crippen LogP contribution in [0.4, 0.5) is 20.2 Å². The molecule has 2 rings (SSSR count). The smallest absolute Gasteiger partial charge is 0.181 e. The molecule has 2 aromatic carbocycles. The monoisotopic (exact) mass is 234 g/mol. The summed E-state index contributed by atoms with van der Waals surface area (Å²) in [6, 6.07) is 11.3. The topological polar surface area (TPSA) is 38.0 Å². The van der Waals surface area contributed by atoms with E-state index in [1.54, 1.807) is 6.07 Å². The molecule has 88 valence electrons. The molecule has 0 bridgehead atoms. The quantitative estimate of drug-likeness (QED) is 0.800. The van der Waals surface area contributed by atoms with Crippen LogP contribution in [-0.4, -0.2) is 0 Å². The van der Waals surface area contributed by atoms with Gasteiger partial charge in [-0.2, -0.15) is 0 Å². The summed E-state index contributed by atoms with van der Waals surface area (Å²) in [6.45, 7) is 0.354. The number of hydrogen-bond donors (Lipinski definition) is 2. The maximum atomic E-state index is 13.3. The van der Waals surface area contributed by atoms with Gasteiger partial charge in [-0.3, -0.25) is 0 Å². The summed E-state index contributed by atoms with van der Waals surface area (Å²) in [6.07, 6.45) is 0. The third-order valence-corrected chi connectivity index (χ3v) is 2.48. The predicted octanol–water partition coefficient (Wildman–Crippen LogP) is 3.16. The minimum absolute atomic E-state index is 0.133. The Hall–Kier alpha value is -2.10. The van der Waals surface area contributed by atoms with Gasteiger partial charge in [-0.05, 0) is 23.8 Å². The van der Waals surface area contributed by atoms with Gasteiger partial charge in [0.1, 0.15) is 0 Å². The molecule has 0 aliphatic heterocycles. The number of nitrogens with two attached hydrogens (primary N) is 1. The Labute approximate surface area is 98.1 Å². The van der Waals surface area contributed by atoms with E-state index in [1.807, 2.05) is 18.2 Å². The first kappa shape index (κ1) is 11.4. The summed E-state index contributed by atoms with van der Waals surface area (Å²) < 4.78 is 26.3. The average Bonchev–Trinajstić information content (AvgIpc) is 2.33. The molecule has 0 spiro atoms. The van der Waals surface area contributed by atoms with Gasteiger partial charge in [0.2, 0.25) is 0 Å². The second kappa shape index (κ2) is 4.82. The van der Waals surface area contributed by atoms with Crippen molar-refractivity contribution in [2.75, 3.05) is 11.1 Å². The van der Waals surface area contributed by atoms with E-state index in [4.69, 9.17) is 5.73 Å². The van der Waals surface area contributed by atoms with Crippen LogP contribution in [-0.2, 0) is 6.54 Å². The first-order valence-corrected chi connectivity index (χ1v) is 5.20. The predicted molar refractivity (Wildman–Crippen MR) is 64.5 cm³/mol. The summed E-state index contributed by atoms with van der Waals surface area (Å²) in [7, 11) is 0. The Bertz CT molecular complexity index is 527. The Kier molecular flexibility index (Phi) is 3.23. The lowest BCUT2D eigenvalue weighted by Crippen LogP contribution is -2.04. The van der Waals surface area contributed by atoms with Crippen LogP contribution in [0.3, 0.4) is 0 Å². The van der Waals surface area contributed by atoms with Crippen LogP contribution in [0.25, 0.3) is 0 Å². The van der Waals surface area contributed by atoms with Crippen LogP contribution in [0.2, 0.25) is 0 Å². The lowest BCUT2D eigenvalue weighted by molar-refractivity contribution is 0.511. The van der Waals surface area contributed by atoms with Crippen LogP contribution in [0, 0.1) is 11.6 Å². The van der Waals surface area contributed by atoms with Gasteiger partial charge in [-0.25, -0.2) is 8.78 Å². The van der Waals surface area contributed by atoms with E-state index in [2.05, 4.69) is 5.32 Å². The standard InChI is InChI=1S/C13H12F2N2/c14-10-5-3-7-12(13(10)15)17-8-9-4-1-2-6-11(9)16/h1-7,17H,8,16H2. The third kappa shape index (κ3) is 2.53. The second-order valence-corrected chi connectivity index (χ2v) is 3.65. The summed E-state index contributed by atoms with van der Waals surface area (Å²) in [5.41, 5.74) is 7.34. The number of para-hydroxylation sites is 1. The summed E-state index contributed by atoms with van der Waals surface area (Å²) in [5.74, 6) is -1.74. The number of benzene rings is 2. The molecule has 0 radical (unpaired) electrons. The van der Waals surface area contributed by atoms with E-state index in [-0.39, 0.29) is 5.69 Å². The molecule has 0 aliphatic rings. The number of hydrogen-bond acceptors (Lipinski definition) is 2. The minimum atomic E-state index is -0.873. The minimum Gasteiger partial charge on any atom is -0.398 e. The van der Waals surface area contributed by atoms with Crippen molar-refractivity contribution in [3.8, 4) is 0 Å². The van der Waals surface area contributed by atoms with E-state index in [0.717, 1.165) is 11.6 Å². The molecule has 0 aromatic heterocycles. The van der Waals surface area contributed by atoms with E-state index in [0.29, 0.717) is 12.2 Å². The Morgan fingerprint density at radius 3 is 2.53 bits per heavy atom. The lowest BCUT2D eigenvalue weighted by Gasteiger charge is -2.09. The maximum Gasteiger partial charge on any atom is 0.181 e. The first-order valence-electron chi connectivity index (χ1n) is 5.20. The molecule has 0 saturated heterocycles. The van der Waals surface area contributed by atoms with E-state index >= 15 is 0 Å². The maximum absolute atomic E-state index is 13.3. The van der Waals surface area contributed by atoms with Crippen LogP contribution in [0.5, 0.6) is 0 Å². The van der Waals surface area contributed by atoms with Gasteiger partial charge in [0.05, 0.1) is 5.69 Å². The molecule has 0 amide bonds. The van der Waals surface area contributed by atoms with Crippen molar-refractivity contribution >= 4 is 11.4 Å². The Morgan fingerprint density at radius 2 is 1.76 bits per heavy atom. The fourth-order valence-corrected chi connectivity index (χ4v) is 1.53. The largest absolute Gasteiger partial charge is 0.398 e. The van der Waals surface area contributed by atoms with Gasteiger partial charge in [0.15, 0.2) is 11.6 Å². The van der Waals surface area contributed by atoms with Crippen molar-refractivity contribution in [2.45, 2.75) is 6.54 Å². The highest BCUT2D eigenvalue weighted by Crippen LogP contribution is 2.18. The number of halogens is 2. The van der Waals surface area contributed by atoms with Gasteiger partial charge >= 0.3 is 0 Å². The van der Waals surface area contributed by atoms with Crippen LogP contribution in [0.1, 0.15) is 5.56 Å². The molecule has 0 heterocycles. The zero-order chi connectivity index (χ0) is 12.3. The second-order valence-electron chi connectivity index (χ2n) is 3.65. The molecule has 2 aromatic rings. The van der Waals surface area contributed by atoms with Gasteiger partial charge in [0, 0.05) is 12.2 Å². The molecule has 0 saturated carbocycles. The Morgan fingerprint density at radius 1 is 1.00 bits per heavy atom. The molecule has 0 atom stereocenters. The molecule has 0 fully saturated rings. The number of nitrogens with one attached hydrogen (secondary N) is 1. The summed E-state index contributed by atoms with van der Waals surface area (Å²) in [5, 5.41) is 2.82. The van der Waals surface area contributed by atoms with Crippen LogP contribution in [0.15, 0.2) is 42.5 Å². The highest BCUT2D eigenvalue weighted by atomic mass is 19.2. The SMILES string of the molecule is Nc1ccccc1CNc1cccc(F)c1F. The van der Waals surface area contributed by atoms with Gasteiger partial charge in [-0.15, -0.1) is 0 Å². The van der Waals surface area contributed by atoms with Gasteiger partial charge in [0.25, 0.3) is 0 Å².